The largest absolute Gasteiger partial charge is 0.382 e. The Labute approximate surface area is 109 Å². The van der Waals surface area contributed by atoms with Crippen LogP contribution in [0.4, 0.5) is 11.4 Å². The number of non-ortho nitro benzene ring substituents is 1. The molecule has 6 heteroatoms. The Morgan fingerprint density at radius 1 is 1.32 bits per heavy atom. The fraction of sp³-hybridized carbons (Fsp3) is 0.308. The molecule has 0 aliphatic heterocycles. The normalized spacial score (nSPS) is 21.9. The molecule has 6 nitrogen and oxygen atoms in total. The Kier molecular flexibility index (Phi) is 2.79. The molecule has 0 radical (unpaired) electrons. The minimum Gasteiger partial charge on any atom is -0.382 e. The van der Waals surface area contributed by atoms with Crippen LogP contribution in [0.2, 0.25) is 0 Å². The molecule has 1 saturated carbocycles. The summed E-state index contributed by atoms with van der Waals surface area (Å²) in [5.74, 6) is 0. The third-order valence-corrected chi connectivity index (χ3v) is 3.53. The number of nitro benzene ring substituents is 1. The highest BCUT2D eigenvalue weighted by Gasteiger charge is 2.26. The van der Waals surface area contributed by atoms with E-state index in [1.165, 1.54) is 6.07 Å². The summed E-state index contributed by atoms with van der Waals surface area (Å²) in [6.45, 7) is 0. The van der Waals surface area contributed by atoms with Crippen molar-refractivity contribution >= 4 is 22.1 Å². The number of pyridine rings is 1. The molecule has 2 aromatic rings. The molecule has 1 aliphatic carbocycles. The molecule has 1 fully saturated rings. The number of benzene rings is 1. The first-order valence-corrected chi connectivity index (χ1v) is 6.18. The number of hydrogen-bond acceptors (Lipinski definition) is 5. The molecular formula is C13H14N4O2. The third-order valence-electron chi connectivity index (χ3n) is 3.53. The minimum absolute atomic E-state index is 0.105. The van der Waals surface area contributed by atoms with E-state index in [2.05, 4.69) is 10.3 Å². The molecule has 1 aromatic carbocycles. The molecule has 0 bridgehead atoms. The van der Waals surface area contributed by atoms with Crippen LogP contribution in [-0.2, 0) is 0 Å². The van der Waals surface area contributed by atoms with Gasteiger partial charge in [0.1, 0.15) is 0 Å². The van der Waals surface area contributed by atoms with Crippen LogP contribution in [0, 0.1) is 10.1 Å². The molecule has 0 atom stereocenters. The molecule has 1 aliphatic rings. The Morgan fingerprint density at radius 2 is 2.11 bits per heavy atom. The number of nitrogens with two attached hydrogens (primary N) is 1. The van der Waals surface area contributed by atoms with Crippen LogP contribution in [0.15, 0.2) is 30.6 Å². The predicted molar refractivity (Wildman–Crippen MR) is 73.0 cm³/mol. The first-order valence-electron chi connectivity index (χ1n) is 6.18. The molecule has 3 rings (SSSR count). The fourth-order valence-electron chi connectivity index (χ4n) is 2.46. The van der Waals surface area contributed by atoms with Gasteiger partial charge in [-0.25, -0.2) is 0 Å². The van der Waals surface area contributed by atoms with Gasteiger partial charge in [-0.1, -0.05) is 0 Å². The van der Waals surface area contributed by atoms with Crippen molar-refractivity contribution in [3.05, 3.63) is 40.7 Å². The maximum absolute atomic E-state index is 11.0. The number of nitro groups is 1. The number of nitrogens with zero attached hydrogens (tertiary/aromatic N) is 2. The van der Waals surface area contributed by atoms with Crippen molar-refractivity contribution in [2.75, 3.05) is 5.32 Å². The third kappa shape index (κ3) is 2.10. The van der Waals surface area contributed by atoms with Crippen LogP contribution >= 0.6 is 0 Å². The van der Waals surface area contributed by atoms with Gasteiger partial charge in [0.25, 0.3) is 5.69 Å². The average Bonchev–Trinajstić information content (AvgIpc) is 2.36. The first-order chi connectivity index (χ1) is 9.15. The van der Waals surface area contributed by atoms with Crippen molar-refractivity contribution in [1.82, 2.24) is 4.98 Å². The lowest BCUT2D eigenvalue weighted by Gasteiger charge is -2.34. The zero-order chi connectivity index (χ0) is 13.4. The van der Waals surface area contributed by atoms with E-state index in [1.807, 2.05) is 0 Å². The highest BCUT2D eigenvalue weighted by molar-refractivity contribution is 5.99. The summed E-state index contributed by atoms with van der Waals surface area (Å²) < 4.78 is 0. The highest BCUT2D eigenvalue weighted by Crippen LogP contribution is 2.32. The quantitative estimate of drug-likeness (QED) is 0.649. The lowest BCUT2D eigenvalue weighted by atomic mass is 9.87. The highest BCUT2D eigenvalue weighted by atomic mass is 16.6. The van der Waals surface area contributed by atoms with Crippen LogP contribution in [0.5, 0.6) is 0 Å². The molecule has 19 heavy (non-hydrogen) atoms. The second kappa shape index (κ2) is 4.47. The van der Waals surface area contributed by atoms with Gasteiger partial charge in [-0.3, -0.25) is 15.1 Å². The van der Waals surface area contributed by atoms with E-state index in [0.29, 0.717) is 11.4 Å². The lowest BCUT2D eigenvalue weighted by Crippen LogP contribution is -2.44. The van der Waals surface area contributed by atoms with Crippen LogP contribution in [0.3, 0.4) is 0 Å². The Hall–Kier alpha value is -2.21. The number of aromatic nitrogens is 1. The van der Waals surface area contributed by atoms with E-state index < -0.39 is 0 Å². The first kappa shape index (κ1) is 11.9. The number of hydrogen-bond donors (Lipinski definition) is 2. The summed E-state index contributed by atoms with van der Waals surface area (Å²) in [6, 6.07) is 5.56. The Bertz CT molecular complexity index is 638. The summed E-state index contributed by atoms with van der Waals surface area (Å²) >= 11 is 0. The Balaban J connectivity index is 2.01. The molecule has 1 heterocycles. The number of rotatable bonds is 3. The molecule has 0 spiro atoms. The maximum atomic E-state index is 11.0. The van der Waals surface area contributed by atoms with Crippen molar-refractivity contribution in [1.29, 1.82) is 0 Å². The summed E-state index contributed by atoms with van der Waals surface area (Å²) in [7, 11) is 0. The smallest absolute Gasteiger partial charge is 0.277 e. The standard InChI is InChI=1S/C13H14N4O2/c14-8-5-9(6-8)16-12-1-2-13(17(18)19)10-3-4-15-7-11(10)12/h1-4,7-9,16H,5-6,14H2. The van der Waals surface area contributed by atoms with E-state index in [4.69, 9.17) is 5.73 Å². The number of nitrogens with one attached hydrogen (secondary N) is 1. The molecular weight excluding hydrogens is 244 g/mol. The van der Waals surface area contributed by atoms with Crippen molar-refractivity contribution in [3.8, 4) is 0 Å². The molecule has 0 saturated heterocycles. The van der Waals surface area contributed by atoms with Crippen molar-refractivity contribution in [2.45, 2.75) is 24.9 Å². The minimum atomic E-state index is -0.370. The Morgan fingerprint density at radius 3 is 2.79 bits per heavy atom. The monoisotopic (exact) mass is 258 g/mol. The van der Waals surface area contributed by atoms with Gasteiger partial charge in [0.05, 0.1) is 10.3 Å². The number of fused-ring (bicyclic) bond motifs is 1. The van der Waals surface area contributed by atoms with Gasteiger partial charge in [0.15, 0.2) is 0 Å². The average molecular weight is 258 g/mol. The summed E-state index contributed by atoms with van der Waals surface area (Å²) in [4.78, 5) is 14.7. The van der Waals surface area contributed by atoms with E-state index in [0.717, 1.165) is 23.9 Å². The van der Waals surface area contributed by atoms with E-state index in [1.54, 1.807) is 24.5 Å². The molecule has 3 N–H and O–H groups in total. The van der Waals surface area contributed by atoms with Crippen LogP contribution in [0.25, 0.3) is 10.8 Å². The summed E-state index contributed by atoms with van der Waals surface area (Å²) in [5.41, 5.74) is 6.74. The molecule has 0 amide bonds. The zero-order valence-electron chi connectivity index (χ0n) is 10.2. The van der Waals surface area contributed by atoms with Crippen LogP contribution in [-0.4, -0.2) is 22.0 Å². The van der Waals surface area contributed by atoms with E-state index in [-0.39, 0.29) is 16.7 Å². The SMILES string of the molecule is NC1CC(Nc2ccc([N+](=O)[O-])c3ccncc23)C1. The van der Waals surface area contributed by atoms with Gasteiger partial charge >= 0.3 is 0 Å². The van der Waals surface area contributed by atoms with Gasteiger partial charge in [-0.05, 0) is 25.0 Å². The zero-order valence-corrected chi connectivity index (χ0v) is 10.2. The topological polar surface area (TPSA) is 94.1 Å². The van der Waals surface area contributed by atoms with Gasteiger partial charge in [0, 0.05) is 41.6 Å². The maximum Gasteiger partial charge on any atom is 0.277 e. The van der Waals surface area contributed by atoms with E-state index in [9.17, 15) is 10.1 Å². The lowest BCUT2D eigenvalue weighted by molar-refractivity contribution is -0.383. The van der Waals surface area contributed by atoms with Gasteiger partial charge < -0.3 is 11.1 Å². The van der Waals surface area contributed by atoms with Crippen molar-refractivity contribution < 1.29 is 4.92 Å². The van der Waals surface area contributed by atoms with Crippen molar-refractivity contribution in [2.24, 2.45) is 5.73 Å². The fourth-order valence-corrected chi connectivity index (χ4v) is 2.46. The summed E-state index contributed by atoms with van der Waals surface area (Å²) in [6.07, 6.45) is 5.08. The van der Waals surface area contributed by atoms with Gasteiger partial charge in [-0.15, -0.1) is 0 Å². The summed E-state index contributed by atoms with van der Waals surface area (Å²) in [5, 5.41) is 15.8. The second-order valence-electron chi connectivity index (χ2n) is 4.88. The van der Waals surface area contributed by atoms with Crippen LogP contribution in [0.1, 0.15) is 12.8 Å². The van der Waals surface area contributed by atoms with Crippen LogP contribution < -0.4 is 11.1 Å². The number of anilines is 1. The molecule has 98 valence electrons. The van der Waals surface area contributed by atoms with Crippen molar-refractivity contribution in [3.63, 3.8) is 0 Å². The van der Waals surface area contributed by atoms with Gasteiger partial charge in [0.2, 0.25) is 0 Å². The van der Waals surface area contributed by atoms with Gasteiger partial charge in [-0.2, -0.15) is 0 Å². The van der Waals surface area contributed by atoms with E-state index >= 15 is 0 Å². The second-order valence-corrected chi connectivity index (χ2v) is 4.88. The predicted octanol–water partition coefficient (Wildman–Crippen LogP) is 2.04. The molecule has 0 unspecified atom stereocenters. The molecule has 1 aromatic heterocycles.